The highest BCUT2D eigenvalue weighted by Gasteiger charge is 2.29. The highest BCUT2D eigenvalue weighted by atomic mass is 32.1. The van der Waals surface area contributed by atoms with Crippen LogP contribution in [0.1, 0.15) is 66.8 Å². The first kappa shape index (κ1) is 78.9. The second-order valence-electron chi connectivity index (χ2n) is 31.9. The lowest BCUT2D eigenvalue weighted by atomic mass is 9.84. The molecule has 0 unspecified atom stereocenters. The number of rotatable bonds is 15. The fourth-order valence-electron chi connectivity index (χ4n) is 17.7. The van der Waals surface area contributed by atoms with Crippen LogP contribution in [0.3, 0.4) is 0 Å². The Kier molecular flexibility index (Phi) is 21.3. The maximum absolute atomic E-state index is 5.70. The van der Waals surface area contributed by atoms with E-state index in [0.29, 0.717) is 17.5 Å². The van der Waals surface area contributed by atoms with Crippen molar-refractivity contribution in [1.29, 1.82) is 0 Å². The Hall–Kier alpha value is -13.9. The SMILES string of the molecule is Cc1c(C)c(-c2ccc(-c3ccccc3)s2)c(C)c(C)c1-c1cc(-c2c(C)c(C)c(-c3ccc(-c4ccccc4)s3)c(C)c2C)nc(-c2c(C)c(C)c(-c3ccc(-c4ccccc4)s3)c(C)c2C)n1.c1ccc(-c2nc(-c3cc(-c4nc(-c5ccccc5)c5ccccc5n4)cc(-c4nc(-c5ccccc5)c5ccccc5n4)c3)nc3ccccc23)cc1. The van der Waals surface area contributed by atoms with Gasteiger partial charge in [0, 0.05) is 95.5 Å². The Labute approximate surface area is 730 Å². The average molecular weight is 1640 g/mol. The van der Waals surface area contributed by atoms with E-state index < -0.39 is 0 Å². The largest absolute Gasteiger partial charge is 0.228 e. The van der Waals surface area contributed by atoms with E-state index in [-0.39, 0.29) is 0 Å². The lowest BCUT2D eigenvalue weighted by molar-refractivity contribution is 1.12. The van der Waals surface area contributed by atoms with Crippen molar-refractivity contribution in [1.82, 2.24) is 39.9 Å². The quantitative estimate of drug-likeness (QED) is 0.1000. The van der Waals surface area contributed by atoms with Crippen LogP contribution in [0.15, 0.2) is 315 Å². The molecule has 0 aliphatic rings. The second-order valence-corrected chi connectivity index (χ2v) is 35.2. The molecule has 0 bridgehead atoms. The average Bonchev–Trinajstić information content (AvgIpc) is 1.55. The third kappa shape index (κ3) is 14.9. The summed E-state index contributed by atoms with van der Waals surface area (Å²) in [4.78, 5) is 50.3. The van der Waals surface area contributed by atoms with E-state index in [0.717, 1.165) is 106 Å². The maximum Gasteiger partial charge on any atom is 0.160 e. The lowest BCUT2D eigenvalue weighted by Gasteiger charge is -2.24. The fraction of sp³-hybridized carbons (Fsp3) is 0.107. The molecule has 0 saturated heterocycles. The standard InChI is InChI=1S/C64H58N2S3.C48H30N6/c1-35-39(5)60(55-31-28-52(67-55)47-22-16-13-17-23-47)40(6)36(2)58(35)50-34-51(59-37(3)41(7)61(42(8)38(59)4)56-32-29-53(68-56)48-24-18-14-19-25-48)66-64(65-50)63-45(11)43(9)62(44(10)46(63)12)57-33-30-54(69-57)49-26-20-15-21-27-49;1-4-16-31(17-5-1)43-37-22-10-13-25-40(37)49-46(52-43)34-28-35(47-50-41-26-14-11-23-38(41)44(53-47)32-18-6-2-7-19-32)30-36(29-34)48-51-42-27-15-12-24-39(42)45(54-48)33-20-8-3-9-21-33/h13-34H,1-12H3;1-30H. The Morgan fingerprint density at radius 1 is 0.163 bits per heavy atom. The van der Waals surface area contributed by atoms with Crippen LogP contribution >= 0.6 is 34.0 Å². The van der Waals surface area contributed by atoms with Gasteiger partial charge in [-0.2, -0.15) is 0 Å². The zero-order valence-electron chi connectivity index (χ0n) is 70.8. The van der Waals surface area contributed by atoms with Gasteiger partial charge < -0.3 is 0 Å². The van der Waals surface area contributed by atoms with Crippen molar-refractivity contribution in [2.75, 3.05) is 0 Å². The molecule has 8 nitrogen and oxygen atoms in total. The number of benzene rings is 13. The highest BCUT2D eigenvalue weighted by Crippen LogP contribution is 2.50. The van der Waals surface area contributed by atoms with Gasteiger partial charge in [0.05, 0.1) is 45.0 Å². The van der Waals surface area contributed by atoms with Gasteiger partial charge in [-0.05, 0) is 262 Å². The van der Waals surface area contributed by atoms with Crippen LogP contribution in [0.4, 0.5) is 0 Å². The molecule has 20 aromatic rings. The summed E-state index contributed by atoms with van der Waals surface area (Å²) in [6.07, 6.45) is 0. The summed E-state index contributed by atoms with van der Waals surface area (Å²) >= 11 is 5.61. The molecular weight excluding hydrogens is 1550 g/mol. The molecule has 0 atom stereocenters. The van der Waals surface area contributed by atoms with Gasteiger partial charge in [-0.25, -0.2) is 39.9 Å². The minimum Gasteiger partial charge on any atom is -0.228 e. The predicted molar refractivity (Wildman–Crippen MR) is 520 cm³/mol. The van der Waals surface area contributed by atoms with Gasteiger partial charge >= 0.3 is 0 Å². The monoisotopic (exact) mass is 1640 g/mol. The van der Waals surface area contributed by atoms with Crippen molar-refractivity contribution in [3.63, 3.8) is 0 Å². The van der Waals surface area contributed by atoms with Crippen LogP contribution in [0.25, 0.3) is 197 Å². The molecule has 7 aromatic heterocycles. The molecule has 0 radical (unpaired) electrons. The summed E-state index contributed by atoms with van der Waals surface area (Å²) in [6.45, 7) is 27.5. The topological polar surface area (TPSA) is 103 Å². The first-order chi connectivity index (χ1) is 60.0. The van der Waals surface area contributed by atoms with Crippen molar-refractivity contribution in [2.24, 2.45) is 0 Å². The van der Waals surface area contributed by atoms with E-state index in [4.69, 9.17) is 39.9 Å². The van der Waals surface area contributed by atoms with Crippen LogP contribution in [0.5, 0.6) is 0 Å². The van der Waals surface area contributed by atoms with Gasteiger partial charge in [0.25, 0.3) is 0 Å². The van der Waals surface area contributed by atoms with Crippen molar-refractivity contribution in [3.8, 4) is 164 Å². The van der Waals surface area contributed by atoms with Crippen molar-refractivity contribution < 1.29 is 0 Å². The molecule has 13 aromatic carbocycles. The Bertz CT molecular complexity index is 6660. The molecule has 0 aliphatic heterocycles. The Morgan fingerprint density at radius 3 is 0.650 bits per heavy atom. The van der Waals surface area contributed by atoms with Crippen molar-refractivity contribution >= 4 is 66.7 Å². The smallest absolute Gasteiger partial charge is 0.160 e. The molecule has 0 saturated carbocycles. The third-order valence-electron chi connectivity index (χ3n) is 24.7. The molecule has 0 amide bonds. The van der Waals surface area contributed by atoms with E-state index in [1.54, 1.807) is 0 Å². The maximum atomic E-state index is 5.70. The zero-order valence-corrected chi connectivity index (χ0v) is 73.3. The van der Waals surface area contributed by atoms with Gasteiger partial charge in [0.2, 0.25) is 0 Å². The van der Waals surface area contributed by atoms with Gasteiger partial charge in [-0.15, -0.1) is 34.0 Å². The Morgan fingerprint density at radius 2 is 0.382 bits per heavy atom. The summed E-state index contributed by atoms with van der Waals surface area (Å²) in [5.74, 6) is 2.54. The summed E-state index contributed by atoms with van der Waals surface area (Å²) in [5.41, 5.74) is 39.0. The minimum absolute atomic E-state index is 0.587. The fourth-order valence-corrected chi connectivity index (χ4v) is 21.2. The van der Waals surface area contributed by atoms with Crippen molar-refractivity contribution in [2.45, 2.75) is 83.1 Å². The summed E-state index contributed by atoms with van der Waals surface area (Å²) in [5, 5.41) is 2.96. The molecule has 0 N–H and O–H groups in total. The summed E-state index contributed by atoms with van der Waals surface area (Å²) in [7, 11) is 0. The van der Waals surface area contributed by atoms with Gasteiger partial charge in [0.15, 0.2) is 23.3 Å². The van der Waals surface area contributed by atoms with E-state index in [1.807, 2.05) is 143 Å². The third-order valence-corrected chi connectivity index (χ3v) is 28.2. The molecular formula is C112H88N8S3. The van der Waals surface area contributed by atoms with Gasteiger partial charge in [0.1, 0.15) is 0 Å². The zero-order chi connectivity index (χ0) is 84.3. The molecule has 0 aliphatic carbocycles. The highest BCUT2D eigenvalue weighted by molar-refractivity contribution is 7.19. The van der Waals surface area contributed by atoms with Gasteiger partial charge in [-0.3, -0.25) is 0 Å². The summed E-state index contributed by atoms with van der Waals surface area (Å²) in [6, 6.07) is 110. The molecule has 0 spiro atoms. The Balaban J connectivity index is 0.000000166. The minimum atomic E-state index is 0.587. The van der Waals surface area contributed by atoms with Crippen LogP contribution in [0, 0.1) is 83.1 Å². The number of hydrogen-bond donors (Lipinski definition) is 0. The predicted octanol–water partition coefficient (Wildman–Crippen LogP) is 30.9. The molecule has 20 rings (SSSR count). The molecule has 594 valence electrons. The first-order valence-corrected chi connectivity index (χ1v) is 44.2. The van der Waals surface area contributed by atoms with Crippen LogP contribution < -0.4 is 0 Å². The molecule has 123 heavy (non-hydrogen) atoms. The summed E-state index contributed by atoms with van der Waals surface area (Å²) < 4.78 is 0. The van der Waals surface area contributed by atoms with E-state index in [2.05, 4.69) is 289 Å². The first-order valence-electron chi connectivity index (χ1n) is 41.8. The second kappa shape index (κ2) is 33.2. The number of thiophene rings is 3. The van der Waals surface area contributed by atoms with Crippen LogP contribution in [0.2, 0.25) is 0 Å². The molecule has 0 fully saturated rings. The molecule has 11 heteroatoms. The lowest BCUT2D eigenvalue weighted by Crippen LogP contribution is -2.07. The van der Waals surface area contributed by atoms with E-state index >= 15 is 0 Å². The number of aromatic nitrogens is 8. The number of nitrogens with zero attached hydrogens (tertiary/aromatic N) is 8. The normalized spacial score (nSPS) is 11.4. The van der Waals surface area contributed by atoms with Crippen LogP contribution in [-0.2, 0) is 0 Å². The van der Waals surface area contributed by atoms with Crippen molar-refractivity contribution in [3.05, 3.63) is 382 Å². The number of fused-ring (bicyclic) bond motifs is 3. The number of hydrogen-bond acceptors (Lipinski definition) is 11. The van der Waals surface area contributed by atoms with E-state index in [9.17, 15) is 0 Å². The molecule has 7 heterocycles. The van der Waals surface area contributed by atoms with E-state index in [1.165, 1.54) is 141 Å². The van der Waals surface area contributed by atoms with Crippen LogP contribution in [-0.4, -0.2) is 39.9 Å². The number of para-hydroxylation sites is 3. The van der Waals surface area contributed by atoms with Gasteiger partial charge in [-0.1, -0.05) is 237 Å².